The quantitative estimate of drug-likeness (QED) is 0.835. The molecule has 1 saturated heterocycles. The van der Waals surface area contributed by atoms with Crippen LogP contribution in [0.3, 0.4) is 0 Å². The zero-order chi connectivity index (χ0) is 13.0. The maximum atomic E-state index is 12.1. The SMILES string of the molecule is Cl.O=C(Nc1ccc(SC(F)F)cc1)C1CSCN1. The van der Waals surface area contributed by atoms with Gasteiger partial charge in [0, 0.05) is 22.2 Å². The van der Waals surface area contributed by atoms with Crippen molar-refractivity contribution in [3.63, 3.8) is 0 Å². The van der Waals surface area contributed by atoms with Crippen molar-refractivity contribution in [2.24, 2.45) is 0 Å². The number of carbonyl (C=O) groups is 1. The fraction of sp³-hybridized carbons (Fsp3) is 0.364. The van der Waals surface area contributed by atoms with E-state index in [9.17, 15) is 13.6 Å². The fourth-order valence-corrected chi connectivity index (χ4v) is 2.95. The third-order valence-electron chi connectivity index (χ3n) is 2.38. The third-order valence-corrected chi connectivity index (χ3v) is 4.04. The van der Waals surface area contributed by atoms with Gasteiger partial charge in [-0.15, -0.1) is 24.2 Å². The van der Waals surface area contributed by atoms with E-state index in [1.165, 1.54) is 0 Å². The largest absolute Gasteiger partial charge is 0.325 e. The van der Waals surface area contributed by atoms with E-state index in [2.05, 4.69) is 10.6 Å². The van der Waals surface area contributed by atoms with E-state index in [4.69, 9.17) is 0 Å². The Bertz CT molecular complexity index is 414. The van der Waals surface area contributed by atoms with Gasteiger partial charge >= 0.3 is 0 Å². The number of alkyl halides is 2. The molecule has 0 spiro atoms. The lowest BCUT2D eigenvalue weighted by Crippen LogP contribution is -2.37. The van der Waals surface area contributed by atoms with Crippen LogP contribution >= 0.6 is 35.9 Å². The van der Waals surface area contributed by atoms with Gasteiger partial charge in [-0.2, -0.15) is 8.78 Å². The molecule has 0 aromatic heterocycles. The van der Waals surface area contributed by atoms with Crippen molar-refractivity contribution in [1.82, 2.24) is 5.32 Å². The number of anilines is 1. The average molecular weight is 327 g/mol. The minimum Gasteiger partial charge on any atom is -0.325 e. The number of halogens is 3. The minimum absolute atomic E-state index is 0. The third kappa shape index (κ3) is 5.18. The monoisotopic (exact) mass is 326 g/mol. The Morgan fingerprint density at radius 3 is 2.63 bits per heavy atom. The second kappa shape index (κ2) is 7.94. The van der Waals surface area contributed by atoms with Gasteiger partial charge in [-0.1, -0.05) is 11.8 Å². The number of nitrogens with one attached hydrogen (secondary N) is 2. The molecule has 106 valence electrons. The van der Waals surface area contributed by atoms with Gasteiger partial charge in [0.25, 0.3) is 5.76 Å². The molecule has 0 radical (unpaired) electrons. The summed E-state index contributed by atoms with van der Waals surface area (Å²) < 4.78 is 24.2. The Morgan fingerprint density at radius 1 is 1.42 bits per heavy atom. The zero-order valence-electron chi connectivity index (χ0n) is 9.77. The number of carbonyl (C=O) groups excluding carboxylic acids is 1. The highest BCUT2D eigenvalue weighted by Gasteiger charge is 2.22. The summed E-state index contributed by atoms with van der Waals surface area (Å²) in [6.07, 6.45) is 0. The van der Waals surface area contributed by atoms with Gasteiger partial charge in [0.05, 0.1) is 6.04 Å². The summed E-state index contributed by atoms with van der Waals surface area (Å²) in [6, 6.07) is 6.23. The van der Waals surface area contributed by atoms with Crippen LogP contribution in [-0.4, -0.2) is 29.3 Å². The van der Waals surface area contributed by atoms with Crippen LogP contribution in [0.4, 0.5) is 14.5 Å². The van der Waals surface area contributed by atoms with E-state index in [1.807, 2.05) is 0 Å². The first-order chi connectivity index (χ1) is 8.65. The van der Waals surface area contributed by atoms with Crippen molar-refractivity contribution in [1.29, 1.82) is 0 Å². The van der Waals surface area contributed by atoms with Gasteiger partial charge in [0.1, 0.15) is 0 Å². The molecule has 1 fully saturated rings. The van der Waals surface area contributed by atoms with Crippen LogP contribution in [0, 0.1) is 0 Å². The van der Waals surface area contributed by atoms with Crippen molar-refractivity contribution in [2.45, 2.75) is 16.7 Å². The van der Waals surface area contributed by atoms with E-state index in [0.717, 1.165) is 11.6 Å². The molecule has 3 nitrogen and oxygen atoms in total. The second-order valence-electron chi connectivity index (χ2n) is 3.66. The molecular weight excluding hydrogens is 314 g/mol. The summed E-state index contributed by atoms with van der Waals surface area (Å²) >= 11 is 2.16. The molecule has 1 aliphatic rings. The molecule has 1 amide bonds. The summed E-state index contributed by atoms with van der Waals surface area (Å²) in [5, 5.41) is 5.81. The topological polar surface area (TPSA) is 41.1 Å². The van der Waals surface area contributed by atoms with Gasteiger partial charge < -0.3 is 5.32 Å². The first-order valence-corrected chi connectivity index (χ1v) is 7.35. The molecule has 1 aromatic carbocycles. The molecule has 0 aliphatic carbocycles. The molecule has 0 saturated carbocycles. The number of benzene rings is 1. The van der Waals surface area contributed by atoms with E-state index >= 15 is 0 Å². The van der Waals surface area contributed by atoms with E-state index in [0.29, 0.717) is 22.3 Å². The van der Waals surface area contributed by atoms with Gasteiger partial charge in [-0.25, -0.2) is 0 Å². The maximum absolute atomic E-state index is 12.1. The Morgan fingerprint density at radius 2 is 2.11 bits per heavy atom. The summed E-state index contributed by atoms with van der Waals surface area (Å²) in [7, 11) is 0. The van der Waals surface area contributed by atoms with E-state index in [-0.39, 0.29) is 24.4 Å². The van der Waals surface area contributed by atoms with Crippen LogP contribution in [-0.2, 0) is 4.79 Å². The smallest absolute Gasteiger partial charge is 0.288 e. The second-order valence-corrected chi connectivity index (χ2v) is 5.76. The molecule has 1 aromatic rings. The predicted octanol–water partition coefficient (Wildman–Crippen LogP) is 3.02. The predicted molar refractivity (Wildman–Crippen MR) is 78.4 cm³/mol. The lowest BCUT2D eigenvalue weighted by molar-refractivity contribution is -0.117. The molecule has 8 heteroatoms. The number of hydrogen-bond donors (Lipinski definition) is 2. The lowest BCUT2D eigenvalue weighted by Gasteiger charge is -2.10. The van der Waals surface area contributed by atoms with Crippen LogP contribution in [0.1, 0.15) is 0 Å². The molecule has 0 bridgehead atoms. The van der Waals surface area contributed by atoms with Crippen molar-refractivity contribution in [3.05, 3.63) is 24.3 Å². The van der Waals surface area contributed by atoms with Crippen LogP contribution in [0.5, 0.6) is 0 Å². The van der Waals surface area contributed by atoms with E-state index in [1.54, 1.807) is 36.0 Å². The number of rotatable bonds is 4. The normalized spacial score (nSPS) is 18.2. The van der Waals surface area contributed by atoms with Gasteiger partial charge in [-0.3, -0.25) is 10.1 Å². The van der Waals surface area contributed by atoms with Crippen LogP contribution in [0.15, 0.2) is 29.2 Å². The summed E-state index contributed by atoms with van der Waals surface area (Å²) in [4.78, 5) is 12.2. The molecule has 2 rings (SSSR count). The minimum atomic E-state index is -2.43. The van der Waals surface area contributed by atoms with Gasteiger partial charge in [-0.05, 0) is 24.3 Å². The lowest BCUT2D eigenvalue weighted by atomic mass is 10.2. The number of hydrogen-bond acceptors (Lipinski definition) is 4. The van der Waals surface area contributed by atoms with Gasteiger partial charge in [0.15, 0.2) is 0 Å². The standard InChI is InChI=1S/C11H12F2N2OS2.ClH/c12-11(13)18-8-3-1-7(2-4-8)15-10(16)9-5-17-6-14-9;/h1-4,9,11,14H,5-6H2,(H,15,16);1H. The molecular formula is C11H13ClF2N2OS2. The maximum Gasteiger partial charge on any atom is 0.288 e. The van der Waals surface area contributed by atoms with Crippen molar-refractivity contribution >= 4 is 47.5 Å². The Balaban J connectivity index is 0.00000180. The highest BCUT2D eigenvalue weighted by atomic mass is 35.5. The van der Waals surface area contributed by atoms with Crippen molar-refractivity contribution < 1.29 is 13.6 Å². The molecule has 2 N–H and O–H groups in total. The first kappa shape index (κ1) is 16.6. The molecule has 1 atom stereocenters. The Labute approximate surface area is 124 Å². The fourth-order valence-electron chi connectivity index (χ4n) is 1.51. The van der Waals surface area contributed by atoms with Crippen molar-refractivity contribution in [2.75, 3.05) is 16.9 Å². The average Bonchev–Trinajstić information content (AvgIpc) is 2.84. The Kier molecular flexibility index (Phi) is 6.92. The molecule has 1 aliphatic heterocycles. The molecule has 1 unspecified atom stereocenters. The van der Waals surface area contributed by atoms with Crippen LogP contribution in [0.2, 0.25) is 0 Å². The highest BCUT2D eigenvalue weighted by Crippen LogP contribution is 2.26. The molecule has 19 heavy (non-hydrogen) atoms. The van der Waals surface area contributed by atoms with Crippen LogP contribution < -0.4 is 10.6 Å². The summed E-state index contributed by atoms with van der Waals surface area (Å²) in [6.45, 7) is 0. The van der Waals surface area contributed by atoms with Crippen molar-refractivity contribution in [3.8, 4) is 0 Å². The summed E-state index contributed by atoms with van der Waals surface area (Å²) in [5.41, 5.74) is 0.623. The van der Waals surface area contributed by atoms with Gasteiger partial charge in [0.2, 0.25) is 5.91 Å². The Hall–Kier alpha value is -0.500. The highest BCUT2D eigenvalue weighted by molar-refractivity contribution is 7.99. The van der Waals surface area contributed by atoms with E-state index < -0.39 is 5.76 Å². The van der Waals surface area contributed by atoms with Crippen LogP contribution in [0.25, 0.3) is 0 Å². The molecule has 1 heterocycles. The summed E-state index contributed by atoms with van der Waals surface area (Å²) in [5.74, 6) is -0.980. The number of amides is 1. The first-order valence-electron chi connectivity index (χ1n) is 5.32. The number of thioether (sulfide) groups is 2. The zero-order valence-corrected chi connectivity index (χ0v) is 12.2.